The zero-order valence-electron chi connectivity index (χ0n) is 51.7. The van der Waals surface area contributed by atoms with Crippen LogP contribution in [0.15, 0.2) is 133 Å². The Hall–Kier alpha value is -8.05. The maximum Gasteiger partial charge on any atom is 0.475 e. The minimum absolute atomic E-state index is 0.0315. The summed E-state index contributed by atoms with van der Waals surface area (Å²) < 4.78 is 90.8. The van der Waals surface area contributed by atoms with Crippen molar-refractivity contribution >= 4 is 62.0 Å². The van der Waals surface area contributed by atoms with Crippen molar-refractivity contribution in [3.05, 3.63) is 161 Å². The molecule has 2 aliphatic carbocycles. The number of ether oxygens (including phenoxy) is 4. The smallest absolute Gasteiger partial charge is 0.475 e. The average molecular weight is 1270 g/mol. The molecule has 0 bridgehead atoms. The average Bonchev–Trinajstić information content (AvgIpc) is 1.51. The highest BCUT2D eigenvalue weighted by atomic mass is 31.2. The molecule has 8 aromatic rings. The van der Waals surface area contributed by atoms with E-state index in [4.69, 9.17) is 41.9 Å². The van der Waals surface area contributed by atoms with Gasteiger partial charge in [-0.05, 0) is 90.0 Å². The second-order valence-electron chi connectivity index (χ2n) is 24.6. The van der Waals surface area contributed by atoms with Gasteiger partial charge in [-0.15, -0.1) is 0 Å². The number of aromatic nitrogens is 8. The topological polar surface area (TPSA) is 280 Å². The summed E-state index contributed by atoms with van der Waals surface area (Å²) in [7, 11) is -4.63. The molecule has 10 atom stereocenters. The van der Waals surface area contributed by atoms with Crippen LogP contribution in [0.25, 0.3) is 22.3 Å². The number of hydrogen-bond acceptors (Lipinski definition) is 18. The highest BCUT2D eigenvalue weighted by Crippen LogP contribution is 2.74. The number of rotatable bonds is 24. The summed E-state index contributed by atoms with van der Waals surface area (Å²) in [5.41, 5.74) is -0.378. The van der Waals surface area contributed by atoms with E-state index in [1.165, 1.54) is 23.5 Å². The number of carbonyl (C=O) groups excluding carboxylic acids is 2. The van der Waals surface area contributed by atoms with Gasteiger partial charge in [0, 0.05) is 16.9 Å². The quantitative estimate of drug-likeness (QED) is 0.0219. The Morgan fingerprint density at radius 1 is 0.844 bits per heavy atom. The van der Waals surface area contributed by atoms with E-state index in [2.05, 4.69) is 75.5 Å². The van der Waals surface area contributed by atoms with E-state index in [0.717, 1.165) is 0 Å². The van der Waals surface area contributed by atoms with E-state index in [1.54, 1.807) is 87.2 Å². The summed E-state index contributed by atoms with van der Waals surface area (Å²) in [6, 6.07) is 33.7. The number of methoxy groups -OCH3 is 2. The van der Waals surface area contributed by atoms with Crippen LogP contribution >= 0.6 is 7.82 Å². The minimum atomic E-state index is -4.93. The lowest BCUT2D eigenvalue weighted by molar-refractivity contribution is -0.118. The van der Waals surface area contributed by atoms with Gasteiger partial charge in [-0.1, -0.05) is 114 Å². The molecule has 4 aromatic heterocycles. The molecule has 1 saturated heterocycles. The molecule has 11 rings (SSSR count). The third-order valence-electron chi connectivity index (χ3n) is 18.0. The highest BCUT2D eigenvalue weighted by molar-refractivity contribution is 7.48. The van der Waals surface area contributed by atoms with Crippen molar-refractivity contribution in [1.82, 2.24) is 39.0 Å². The fourth-order valence-corrected chi connectivity index (χ4v) is 14.8. The molecule has 0 spiro atoms. The van der Waals surface area contributed by atoms with E-state index in [1.807, 2.05) is 61.5 Å². The van der Waals surface area contributed by atoms with Crippen molar-refractivity contribution in [2.24, 2.45) is 17.3 Å². The molecule has 3 aliphatic rings. The Morgan fingerprint density at radius 2 is 1.47 bits per heavy atom. The molecule has 3 fully saturated rings. The molecule has 2 amide bonds. The summed E-state index contributed by atoms with van der Waals surface area (Å²) in [6.45, 7) is 14.8. The number of halogens is 1. The van der Waals surface area contributed by atoms with Crippen LogP contribution in [0.2, 0.25) is 18.1 Å². The van der Waals surface area contributed by atoms with Gasteiger partial charge in [0.1, 0.15) is 41.7 Å². The number of nitrogens with one attached hydrogen (secondary N) is 3. The van der Waals surface area contributed by atoms with Crippen molar-refractivity contribution in [2.75, 3.05) is 38.1 Å². The molecule has 2 saturated carbocycles. The number of fused-ring (bicyclic) bond motifs is 3. The number of phosphoric ester groups is 1. The normalized spacial score (nSPS) is 23.1. The summed E-state index contributed by atoms with van der Waals surface area (Å²) in [4.78, 5) is 65.5. The van der Waals surface area contributed by atoms with Crippen LogP contribution in [0.3, 0.4) is 0 Å². The van der Waals surface area contributed by atoms with E-state index < -0.39 is 94.0 Å². The lowest BCUT2D eigenvalue weighted by Crippen LogP contribution is -2.50. The molecule has 4 aromatic carbocycles. The zero-order valence-corrected chi connectivity index (χ0v) is 53.6. The van der Waals surface area contributed by atoms with Gasteiger partial charge >= 0.3 is 7.82 Å². The van der Waals surface area contributed by atoms with Crippen LogP contribution in [0.5, 0.6) is 11.5 Å². The first kappa shape index (κ1) is 63.5. The molecule has 5 heterocycles. The van der Waals surface area contributed by atoms with Gasteiger partial charge in [0.25, 0.3) is 11.5 Å². The molecule has 26 heteroatoms. The van der Waals surface area contributed by atoms with Crippen molar-refractivity contribution in [1.29, 1.82) is 5.26 Å². The summed E-state index contributed by atoms with van der Waals surface area (Å²) in [6.07, 6.45) is -3.71. The van der Waals surface area contributed by atoms with Crippen molar-refractivity contribution in [2.45, 2.75) is 127 Å². The van der Waals surface area contributed by atoms with Crippen LogP contribution in [0.1, 0.15) is 100 Å². The van der Waals surface area contributed by atoms with E-state index in [9.17, 15) is 19.6 Å². The Balaban J connectivity index is 1.01. The second-order valence-corrected chi connectivity index (χ2v) is 31.0. The third kappa shape index (κ3) is 12.0. The lowest BCUT2D eigenvalue weighted by Gasteiger charge is -2.43. The minimum Gasteiger partial charge on any atom is -0.497 e. The van der Waals surface area contributed by atoms with Gasteiger partial charge in [0.05, 0.1) is 64.7 Å². The Morgan fingerprint density at radius 3 is 2.08 bits per heavy atom. The molecule has 1 aliphatic heterocycles. The summed E-state index contributed by atoms with van der Waals surface area (Å²) in [5.74, 6) is -0.353. The van der Waals surface area contributed by atoms with Gasteiger partial charge in [0.2, 0.25) is 11.9 Å². The number of nitrogens with zero attached hydrogens (tertiary/aromatic N) is 8. The standard InChI is InChI=1S/C64H73FN11O12PSi/c1-11-63-33-45(63)50(75-36-70-49-56(75)72-61(74-59(49)79)73-57(77)38(2)3)52(88-90(9,10)62(4,5)6)53(63)87-89(80,83-32-18-31-66)84-34-46-51(47(65)60(85-46)76-37-69-48-54(67-35-68-55(48)76)71-58(78)39-19-14-12-15-20-39)86-64(40-21-16-13-17-22-40,41-23-27-43(81-7)28-24-41)42-25-29-44(82-8)30-26-42/h12-17,19-30,35-38,45-47,50-53,60H,11,18,32-34H2,1-10H3,(H,67,68,71,78)(H2,72,73,74,77,79)/t45-,46-,47-,50-,51-,52+,53+,60-,63+,89?/m1/s1. The SMILES string of the molecule is CC[C@]12C[C@@H]1[C@@H](n1cnc3c(=O)[nH]c(NC(=O)C(C)C)nc31)[C@H](O[Si](C)(C)C(C)(C)C)[C@@H]2OP(=O)(OCCC#N)OC[C@H]1O[C@@H](n2cnc3c(NC(=O)c4ccccc4)ncnc32)[C@H](F)[C@@H]1OC(c1ccccc1)(c1ccc(OC)cc1)c1ccc(OC)cc1. The number of hydrogen-bond donors (Lipinski definition) is 3. The summed E-state index contributed by atoms with van der Waals surface area (Å²) >= 11 is 0. The number of amides is 2. The first-order valence-corrected chi connectivity index (χ1v) is 34.2. The van der Waals surface area contributed by atoms with E-state index in [-0.39, 0.29) is 64.0 Å². The van der Waals surface area contributed by atoms with Crippen molar-refractivity contribution in [3.63, 3.8) is 0 Å². The van der Waals surface area contributed by atoms with E-state index in [0.29, 0.717) is 46.6 Å². The number of anilines is 2. The zero-order chi connectivity index (χ0) is 63.9. The number of benzene rings is 4. The third-order valence-corrected chi connectivity index (χ3v) is 23.9. The molecule has 23 nitrogen and oxygen atoms in total. The largest absolute Gasteiger partial charge is 0.497 e. The first-order valence-electron chi connectivity index (χ1n) is 29.8. The number of carbonyl (C=O) groups is 2. The van der Waals surface area contributed by atoms with Crippen LogP contribution in [-0.4, -0.2) is 117 Å². The Kier molecular flexibility index (Phi) is 17.9. The number of H-pyrrole nitrogens is 1. The van der Waals surface area contributed by atoms with Crippen LogP contribution in [-0.2, 0) is 42.4 Å². The Labute approximate surface area is 520 Å². The molecule has 1 unspecified atom stereocenters. The predicted octanol–water partition coefficient (Wildman–Crippen LogP) is 11.2. The molecule has 3 N–H and O–H groups in total. The number of imidazole rings is 2. The predicted molar refractivity (Wildman–Crippen MR) is 334 cm³/mol. The van der Waals surface area contributed by atoms with Gasteiger partial charge in [-0.25, -0.2) is 28.9 Å². The number of phosphoric acid groups is 1. The Bertz CT molecular complexity index is 4000. The lowest BCUT2D eigenvalue weighted by atomic mass is 9.79. The van der Waals surface area contributed by atoms with Gasteiger partial charge in [-0.3, -0.25) is 42.8 Å². The number of alkyl halides is 1. The monoisotopic (exact) mass is 1270 g/mol. The fraction of sp³-hybridized carbons (Fsp3) is 0.422. The van der Waals surface area contributed by atoms with Crippen LogP contribution < -0.4 is 25.7 Å². The van der Waals surface area contributed by atoms with Crippen LogP contribution in [0, 0.1) is 28.6 Å². The molecule has 472 valence electrons. The molecule has 90 heavy (non-hydrogen) atoms. The number of aromatic amines is 1. The van der Waals surface area contributed by atoms with Gasteiger partial charge in [-0.2, -0.15) is 10.2 Å². The van der Waals surface area contributed by atoms with Gasteiger partial charge < -0.3 is 33.3 Å². The fourth-order valence-electron chi connectivity index (χ4n) is 12.0. The molecule has 0 radical (unpaired) electrons. The highest BCUT2D eigenvalue weighted by Gasteiger charge is 2.74. The summed E-state index contributed by atoms with van der Waals surface area (Å²) in [5, 5.41) is 15.0. The van der Waals surface area contributed by atoms with Crippen molar-refractivity contribution < 1.29 is 55.5 Å². The van der Waals surface area contributed by atoms with Gasteiger partial charge in [0.15, 0.2) is 48.9 Å². The van der Waals surface area contributed by atoms with Crippen molar-refractivity contribution in [3.8, 4) is 17.6 Å². The number of nitriles is 1. The van der Waals surface area contributed by atoms with E-state index >= 15 is 8.96 Å². The molecular formula is C64H73FN11O12PSi. The maximum absolute atomic E-state index is 18.8. The van der Waals surface area contributed by atoms with Crippen LogP contribution in [0.4, 0.5) is 16.2 Å². The second kappa shape index (κ2) is 25.3. The first-order chi connectivity index (χ1) is 43.1. The maximum atomic E-state index is 18.8. The molecular weight excluding hydrogens is 1190 g/mol.